The average molecular weight is 384 g/mol. The van der Waals surface area contributed by atoms with Crippen molar-refractivity contribution in [3.8, 4) is 0 Å². The molecule has 0 atom stereocenters. The van der Waals surface area contributed by atoms with E-state index >= 15 is 0 Å². The van der Waals surface area contributed by atoms with E-state index in [0.29, 0.717) is 12.2 Å². The molecule has 0 aliphatic carbocycles. The fourth-order valence-corrected chi connectivity index (χ4v) is 3.30. The number of hydrogen-bond donors (Lipinski definition) is 1. The van der Waals surface area contributed by atoms with Crippen LogP contribution in [0.3, 0.4) is 0 Å². The quantitative estimate of drug-likeness (QED) is 0.541. The number of halogens is 1. The molecule has 1 N–H and O–H groups in total. The number of esters is 1. The van der Waals surface area contributed by atoms with Crippen LogP contribution in [0, 0.1) is 0 Å². The Morgan fingerprint density at radius 2 is 2.04 bits per heavy atom. The number of H-pyrrole nitrogens is 1. The third-order valence-corrected chi connectivity index (χ3v) is 4.46. The van der Waals surface area contributed by atoms with Gasteiger partial charge in [-0.15, -0.1) is 0 Å². The topological polar surface area (TPSA) is 59.9 Å². The van der Waals surface area contributed by atoms with Gasteiger partial charge in [-0.05, 0) is 33.6 Å². The average Bonchev–Trinajstić information content (AvgIpc) is 3.11. The highest BCUT2D eigenvalue weighted by molar-refractivity contribution is 9.10. The Bertz CT molecular complexity index is 1050. The molecule has 0 unspecified atom stereocenters. The summed E-state index contributed by atoms with van der Waals surface area (Å²) < 4.78 is 7.80. The van der Waals surface area contributed by atoms with Gasteiger partial charge >= 0.3 is 5.97 Å². The summed E-state index contributed by atoms with van der Waals surface area (Å²) in [5.74, 6) is -0.360. The lowest BCUT2D eigenvalue weighted by molar-refractivity contribution is 0.0589. The predicted molar refractivity (Wildman–Crippen MR) is 96.2 cm³/mol. The van der Waals surface area contributed by atoms with Crippen molar-refractivity contribution < 1.29 is 9.53 Å². The maximum Gasteiger partial charge on any atom is 0.354 e. The molecule has 120 valence electrons. The van der Waals surface area contributed by atoms with Gasteiger partial charge in [0.1, 0.15) is 11.2 Å². The molecule has 5 nitrogen and oxygen atoms in total. The summed E-state index contributed by atoms with van der Waals surface area (Å²) >= 11 is 3.44. The van der Waals surface area contributed by atoms with Crippen molar-refractivity contribution in [3.05, 3.63) is 64.4 Å². The first-order valence-electron chi connectivity index (χ1n) is 7.46. The fraction of sp³-hybridized carbons (Fsp3) is 0.111. The number of benzene rings is 1. The van der Waals surface area contributed by atoms with Crippen molar-refractivity contribution in [1.29, 1.82) is 0 Å². The van der Waals surface area contributed by atoms with Crippen LogP contribution < -0.4 is 0 Å². The Labute approximate surface area is 146 Å². The molecule has 0 saturated carbocycles. The maximum atomic E-state index is 12.2. The molecule has 0 saturated heterocycles. The molecule has 1 aromatic carbocycles. The molecule has 0 bridgehead atoms. The van der Waals surface area contributed by atoms with Gasteiger partial charge in [0, 0.05) is 17.2 Å². The van der Waals surface area contributed by atoms with Crippen LogP contribution in [0.15, 0.2) is 53.1 Å². The lowest BCUT2D eigenvalue weighted by atomic mass is 10.2. The minimum Gasteiger partial charge on any atom is -0.464 e. The maximum absolute atomic E-state index is 12.2. The second-order valence-corrected chi connectivity index (χ2v) is 6.45. The number of carbonyl (C=O) groups excluding carboxylic acids is 1. The van der Waals surface area contributed by atoms with E-state index in [1.807, 2.05) is 47.0 Å². The first kappa shape index (κ1) is 15.0. The van der Waals surface area contributed by atoms with Crippen molar-refractivity contribution in [2.75, 3.05) is 7.11 Å². The molecule has 3 aromatic heterocycles. The lowest BCUT2D eigenvalue weighted by Crippen LogP contribution is -2.11. The van der Waals surface area contributed by atoms with E-state index < -0.39 is 0 Å². The molecular formula is C18H14BrN3O2. The molecule has 0 aliphatic rings. The van der Waals surface area contributed by atoms with Gasteiger partial charge in [-0.1, -0.05) is 30.3 Å². The molecule has 24 heavy (non-hydrogen) atoms. The summed E-state index contributed by atoms with van der Waals surface area (Å²) in [6, 6.07) is 13.8. The van der Waals surface area contributed by atoms with Crippen molar-refractivity contribution in [1.82, 2.24) is 14.5 Å². The predicted octanol–water partition coefficient (Wildman–Crippen LogP) is 4.12. The number of nitrogens with zero attached hydrogens (tertiary/aromatic N) is 2. The Hall–Kier alpha value is -2.60. The van der Waals surface area contributed by atoms with Gasteiger partial charge in [0.05, 0.1) is 23.7 Å². The van der Waals surface area contributed by atoms with Gasteiger partial charge in [-0.25, -0.2) is 4.79 Å². The molecule has 0 amide bonds. The number of hydrogen-bond acceptors (Lipinski definition) is 3. The van der Waals surface area contributed by atoms with E-state index in [-0.39, 0.29) is 5.97 Å². The highest BCUT2D eigenvalue weighted by Gasteiger charge is 2.20. The number of pyridine rings is 1. The van der Waals surface area contributed by atoms with Crippen LogP contribution in [0.2, 0.25) is 0 Å². The Balaban J connectivity index is 1.98. The molecule has 4 aromatic rings. The summed E-state index contributed by atoms with van der Waals surface area (Å²) in [5.41, 5.74) is 5.14. The number of methoxy groups -OCH3 is 1. The van der Waals surface area contributed by atoms with Crippen LogP contribution in [0.4, 0.5) is 0 Å². The molecule has 0 aliphatic heterocycles. The smallest absolute Gasteiger partial charge is 0.354 e. The summed E-state index contributed by atoms with van der Waals surface area (Å²) in [6.07, 6.45) is 1.76. The van der Waals surface area contributed by atoms with Crippen LogP contribution in [0.5, 0.6) is 0 Å². The molecule has 0 spiro atoms. The van der Waals surface area contributed by atoms with Gasteiger partial charge in [0.25, 0.3) is 0 Å². The number of aromatic nitrogens is 3. The second-order valence-electron chi connectivity index (χ2n) is 5.53. The summed E-state index contributed by atoms with van der Waals surface area (Å²) in [4.78, 5) is 20.0. The highest BCUT2D eigenvalue weighted by Crippen LogP contribution is 2.29. The highest BCUT2D eigenvalue weighted by atomic mass is 79.9. The number of nitrogens with one attached hydrogen (secondary N) is 1. The molecule has 0 radical (unpaired) electrons. The minimum absolute atomic E-state index is 0.360. The van der Waals surface area contributed by atoms with Crippen LogP contribution in [-0.4, -0.2) is 27.6 Å². The summed E-state index contributed by atoms with van der Waals surface area (Å²) in [6.45, 7) is 0.569. The van der Waals surface area contributed by atoms with E-state index in [2.05, 4.69) is 25.9 Å². The van der Waals surface area contributed by atoms with E-state index in [1.165, 1.54) is 7.11 Å². The van der Waals surface area contributed by atoms with Crippen LogP contribution >= 0.6 is 15.9 Å². The number of fused-ring (bicyclic) bond motifs is 3. The van der Waals surface area contributed by atoms with Gasteiger partial charge in [0.2, 0.25) is 0 Å². The zero-order chi connectivity index (χ0) is 16.7. The minimum atomic E-state index is -0.360. The number of rotatable bonds is 3. The van der Waals surface area contributed by atoms with Crippen molar-refractivity contribution in [3.63, 3.8) is 0 Å². The molecule has 4 rings (SSSR count). The molecule has 0 fully saturated rings. The van der Waals surface area contributed by atoms with Crippen LogP contribution in [0.25, 0.3) is 22.1 Å². The zero-order valence-corrected chi connectivity index (χ0v) is 14.5. The van der Waals surface area contributed by atoms with E-state index in [1.54, 1.807) is 6.20 Å². The molecule has 6 heteroatoms. The third-order valence-electron chi connectivity index (χ3n) is 4.02. The van der Waals surface area contributed by atoms with Crippen molar-refractivity contribution >= 4 is 44.0 Å². The van der Waals surface area contributed by atoms with Gasteiger partial charge in [-0.3, -0.25) is 4.98 Å². The van der Waals surface area contributed by atoms with E-state index in [9.17, 15) is 4.79 Å². The lowest BCUT2D eigenvalue weighted by Gasteiger charge is -2.09. The molecular weight excluding hydrogens is 370 g/mol. The largest absolute Gasteiger partial charge is 0.464 e. The number of carbonyl (C=O) groups is 1. The van der Waals surface area contributed by atoms with E-state index in [4.69, 9.17) is 4.74 Å². The Morgan fingerprint density at radius 1 is 1.25 bits per heavy atom. The molecule has 3 heterocycles. The first-order chi connectivity index (χ1) is 11.7. The van der Waals surface area contributed by atoms with Crippen LogP contribution in [0.1, 0.15) is 16.1 Å². The van der Waals surface area contributed by atoms with Crippen molar-refractivity contribution in [2.24, 2.45) is 0 Å². The van der Waals surface area contributed by atoms with Gasteiger partial charge < -0.3 is 14.3 Å². The number of aromatic amines is 1. The Kier molecular flexibility index (Phi) is 3.61. The van der Waals surface area contributed by atoms with Crippen LogP contribution in [-0.2, 0) is 11.3 Å². The third kappa shape index (κ3) is 2.39. The zero-order valence-electron chi connectivity index (χ0n) is 12.9. The van der Waals surface area contributed by atoms with E-state index in [0.717, 1.165) is 32.1 Å². The first-order valence-corrected chi connectivity index (χ1v) is 8.25. The number of ether oxygens (including phenoxy) is 1. The SMILES string of the molecule is COC(=O)c1cc2[nH]c3cc(Br)cnc3c2n1Cc1ccccc1. The fourth-order valence-electron chi connectivity index (χ4n) is 2.97. The summed E-state index contributed by atoms with van der Waals surface area (Å²) in [5, 5.41) is 0. The summed E-state index contributed by atoms with van der Waals surface area (Å²) in [7, 11) is 1.39. The second kappa shape index (κ2) is 5.79. The van der Waals surface area contributed by atoms with Gasteiger partial charge in [-0.2, -0.15) is 0 Å². The normalized spacial score (nSPS) is 11.2. The van der Waals surface area contributed by atoms with Gasteiger partial charge in [0.15, 0.2) is 0 Å². The monoisotopic (exact) mass is 383 g/mol. The van der Waals surface area contributed by atoms with Crippen molar-refractivity contribution in [2.45, 2.75) is 6.54 Å². The Morgan fingerprint density at radius 3 is 2.79 bits per heavy atom. The standard InChI is InChI=1S/C18H14BrN3O2/c1-24-18(23)15-8-14-17(16-13(21-14)7-12(19)9-20-16)22(15)10-11-5-3-2-4-6-11/h2-9,21H,10H2,1H3.